The maximum absolute atomic E-state index is 6.20. The number of halogens is 1. The van der Waals surface area contributed by atoms with Crippen LogP contribution in [0.5, 0.6) is 11.5 Å². The maximum atomic E-state index is 6.20. The highest BCUT2D eigenvalue weighted by Crippen LogP contribution is 2.39. The molecular formula is C35H38ClN5O. The molecule has 0 saturated carbocycles. The second-order valence-electron chi connectivity index (χ2n) is 10.7. The third-order valence-electron chi connectivity index (χ3n) is 7.95. The number of hydrogen-bond donors (Lipinski definition) is 2. The van der Waals surface area contributed by atoms with E-state index < -0.39 is 0 Å². The first-order valence-corrected chi connectivity index (χ1v) is 15.3. The van der Waals surface area contributed by atoms with Crippen LogP contribution in [0.15, 0.2) is 96.0 Å². The highest BCUT2D eigenvalue weighted by molar-refractivity contribution is 6.31. The van der Waals surface area contributed by atoms with E-state index in [1.54, 1.807) is 0 Å². The number of amidine groups is 1. The van der Waals surface area contributed by atoms with Crippen molar-refractivity contribution < 1.29 is 4.74 Å². The molecule has 2 N–H and O–H groups in total. The molecule has 7 heteroatoms. The first-order valence-electron chi connectivity index (χ1n) is 14.9. The van der Waals surface area contributed by atoms with Crippen LogP contribution in [0.3, 0.4) is 0 Å². The summed E-state index contributed by atoms with van der Waals surface area (Å²) in [6.45, 7) is 5.88. The van der Waals surface area contributed by atoms with Gasteiger partial charge in [0.05, 0.1) is 5.56 Å². The number of rotatable bonds is 4. The molecule has 3 aliphatic rings. The minimum Gasteiger partial charge on any atom is -0.454 e. The second kappa shape index (κ2) is 13.4. The van der Waals surface area contributed by atoms with Crippen molar-refractivity contribution >= 4 is 34.5 Å². The van der Waals surface area contributed by atoms with Gasteiger partial charge in [-0.25, -0.2) is 4.99 Å². The quantitative estimate of drug-likeness (QED) is 0.256. The van der Waals surface area contributed by atoms with Crippen molar-refractivity contribution in [3.8, 4) is 11.5 Å². The molecule has 0 atom stereocenters. The van der Waals surface area contributed by atoms with Crippen LogP contribution in [0.4, 0.5) is 17.1 Å². The van der Waals surface area contributed by atoms with Gasteiger partial charge in [0.1, 0.15) is 17.3 Å². The van der Waals surface area contributed by atoms with E-state index in [9.17, 15) is 0 Å². The molecule has 0 radical (unpaired) electrons. The topological polar surface area (TPSA) is 52.1 Å². The van der Waals surface area contributed by atoms with Gasteiger partial charge in [0, 0.05) is 49.1 Å². The summed E-state index contributed by atoms with van der Waals surface area (Å²) in [4.78, 5) is 9.66. The summed E-state index contributed by atoms with van der Waals surface area (Å²) < 4.78 is 6.06. The summed E-state index contributed by atoms with van der Waals surface area (Å²) in [6, 6.07) is 31.2. The Morgan fingerprint density at radius 1 is 0.833 bits per heavy atom. The smallest absolute Gasteiger partial charge is 0.153 e. The Bertz CT molecular complexity index is 1500. The van der Waals surface area contributed by atoms with E-state index in [0.717, 1.165) is 87.1 Å². The van der Waals surface area contributed by atoms with Crippen molar-refractivity contribution in [1.82, 2.24) is 15.5 Å². The normalized spacial score (nSPS) is 15.3. The van der Waals surface area contributed by atoms with Crippen LogP contribution >= 0.6 is 11.6 Å². The van der Waals surface area contributed by atoms with Crippen LogP contribution < -0.4 is 20.3 Å². The van der Waals surface area contributed by atoms with E-state index in [4.69, 9.17) is 21.3 Å². The van der Waals surface area contributed by atoms with E-state index in [1.165, 1.54) is 22.5 Å². The molecule has 0 unspecified atom stereocenters. The Hall–Kier alpha value is -3.84. The average Bonchev–Trinajstić information content (AvgIpc) is 3.30. The number of anilines is 2. The minimum absolute atomic E-state index is 0.691. The number of aryl methyl sites for hydroxylation is 2. The lowest BCUT2D eigenvalue weighted by molar-refractivity contribution is 0.357. The van der Waals surface area contributed by atoms with Gasteiger partial charge in [-0.3, -0.25) is 0 Å². The van der Waals surface area contributed by atoms with Crippen LogP contribution in [0.25, 0.3) is 0 Å². The largest absolute Gasteiger partial charge is 0.454 e. The van der Waals surface area contributed by atoms with Crippen LogP contribution in [0, 0.1) is 0 Å². The number of para-hydroxylation sites is 4. The van der Waals surface area contributed by atoms with E-state index in [-0.39, 0.29) is 0 Å². The van der Waals surface area contributed by atoms with Crippen molar-refractivity contribution in [1.29, 1.82) is 0 Å². The van der Waals surface area contributed by atoms with E-state index >= 15 is 0 Å². The SMILES string of the molecule is CNCCCN1c2ccccc2CCc2ccccc21.Clc1ccc2c(c1)C(N1CCNCC1)=Nc1ccccc1O2. The van der Waals surface area contributed by atoms with Crippen molar-refractivity contribution in [3.05, 3.63) is 113 Å². The van der Waals surface area contributed by atoms with Crippen LogP contribution in [-0.2, 0) is 12.8 Å². The summed E-state index contributed by atoms with van der Waals surface area (Å²) in [5.74, 6) is 2.51. The van der Waals surface area contributed by atoms with Gasteiger partial charge in [-0.1, -0.05) is 60.1 Å². The van der Waals surface area contributed by atoms with Crippen LogP contribution in [0.2, 0.25) is 5.02 Å². The number of nitrogens with one attached hydrogen (secondary N) is 2. The van der Waals surface area contributed by atoms with Crippen molar-refractivity contribution in [3.63, 3.8) is 0 Å². The van der Waals surface area contributed by atoms with Gasteiger partial charge >= 0.3 is 0 Å². The molecule has 0 bridgehead atoms. The first kappa shape index (κ1) is 28.3. The zero-order valence-electron chi connectivity index (χ0n) is 24.2. The Labute approximate surface area is 254 Å². The molecule has 3 heterocycles. The summed E-state index contributed by atoms with van der Waals surface area (Å²) in [5, 5.41) is 7.30. The third kappa shape index (κ3) is 6.31. The number of benzene rings is 4. The van der Waals surface area contributed by atoms with Gasteiger partial charge < -0.3 is 25.2 Å². The monoisotopic (exact) mass is 579 g/mol. The lowest BCUT2D eigenvalue weighted by Gasteiger charge is -2.30. The Morgan fingerprint density at radius 2 is 1.50 bits per heavy atom. The number of fused-ring (bicyclic) bond motifs is 4. The number of piperazine rings is 1. The lowest BCUT2D eigenvalue weighted by atomic mass is 10.0. The summed E-state index contributed by atoms with van der Waals surface area (Å²) in [6.07, 6.45) is 3.42. The predicted octanol–water partition coefficient (Wildman–Crippen LogP) is 6.96. The standard InChI is InChI=1S/C18H22N2.C17H16ClN3O/c1-19-13-6-14-20-17-9-4-2-7-15(17)11-12-16-8-3-5-10-18(16)20;18-12-5-6-15-13(11-12)17(21-9-7-19-8-10-21)20-14-3-1-2-4-16(14)22-15/h2-5,7-10,19H,6,11-14H2,1H3;1-6,11,19H,7-10H2. The molecule has 7 rings (SSSR count). The molecule has 1 fully saturated rings. The summed E-state index contributed by atoms with van der Waals surface area (Å²) in [5.41, 5.74) is 7.50. The zero-order valence-corrected chi connectivity index (χ0v) is 24.9. The molecule has 4 aromatic carbocycles. The molecule has 6 nitrogen and oxygen atoms in total. The van der Waals surface area contributed by atoms with Crippen LogP contribution in [-0.4, -0.2) is 57.1 Å². The summed E-state index contributed by atoms with van der Waals surface area (Å²) >= 11 is 6.20. The lowest BCUT2D eigenvalue weighted by Crippen LogP contribution is -2.46. The molecule has 0 amide bonds. The fourth-order valence-corrected chi connectivity index (χ4v) is 6.01. The third-order valence-corrected chi connectivity index (χ3v) is 8.18. The molecule has 0 aromatic heterocycles. The van der Waals surface area contributed by atoms with Gasteiger partial charge in [-0.05, 0) is 86.4 Å². The molecule has 1 saturated heterocycles. The van der Waals surface area contributed by atoms with Gasteiger partial charge in [0.15, 0.2) is 5.75 Å². The average molecular weight is 580 g/mol. The maximum Gasteiger partial charge on any atom is 0.153 e. The highest BCUT2D eigenvalue weighted by Gasteiger charge is 2.24. The Balaban J connectivity index is 0.000000151. The zero-order chi connectivity index (χ0) is 28.7. The van der Waals surface area contributed by atoms with Crippen molar-refractivity contribution in [2.75, 3.05) is 51.2 Å². The Kier molecular flexibility index (Phi) is 9.04. The Morgan fingerprint density at radius 3 is 2.21 bits per heavy atom. The molecule has 0 spiro atoms. The van der Waals surface area contributed by atoms with E-state index in [2.05, 4.69) is 69.0 Å². The summed E-state index contributed by atoms with van der Waals surface area (Å²) in [7, 11) is 2.02. The number of hydrogen-bond acceptors (Lipinski definition) is 6. The number of ether oxygens (including phenoxy) is 1. The highest BCUT2D eigenvalue weighted by atomic mass is 35.5. The van der Waals surface area contributed by atoms with E-state index in [1.807, 2.05) is 49.5 Å². The predicted molar refractivity (Wildman–Crippen MR) is 174 cm³/mol. The van der Waals surface area contributed by atoms with Gasteiger partial charge in [-0.2, -0.15) is 0 Å². The molecule has 3 aliphatic heterocycles. The van der Waals surface area contributed by atoms with Crippen LogP contribution in [0.1, 0.15) is 23.1 Å². The molecule has 0 aliphatic carbocycles. The number of nitrogens with zero attached hydrogens (tertiary/aromatic N) is 3. The molecule has 216 valence electrons. The van der Waals surface area contributed by atoms with Gasteiger partial charge in [-0.15, -0.1) is 0 Å². The van der Waals surface area contributed by atoms with E-state index in [0.29, 0.717) is 5.02 Å². The van der Waals surface area contributed by atoms with Crippen molar-refractivity contribution in [2.24, 2.45) is 4.99 Å². The van der Waals surface area contributed by atoms with Crippen molar-refractivity contribution in [2.45, 2.75) is 19.3 Å². The number of aliphatic imine (C=N–C) groups is 1. The molecule has 42 heavy (non-hydrogen) atoms. The minimum atomic E-state index is 0.691. The first-order chi connectivity index (χ1) is 20.7. The second-order valence-corrected chi connectivity index (χ2v) is 11.2. The van der Waals surface area contributed by atoms with Gasteiger partial charge in [0.25, 0.3) is 0 Å². The fraction of sp³-hybridized carbons (Fsp3) is 0.286. The molecular weight excluding hydrogens is 542 g/mol. The fourth-order valence-electron chi connectivity index (χ4n) is 5.84. The molecule has 4 aromatic rings. The van der Waals surface area contributed by atoms with Gasteiger partial charge in [0.2, 0.25) is 0 Å².